The second kappa shape index (κ2) is 6.23. The first-order valence-corrected chi connectivity index (χ1v) is 7.71. The van der Waals surface area contributed by atoms with Crippen molar-refractivity contribution in [3.63, 3.8) is 0 Å². The van der Waals surface area contributed by atoms with E-state index in [2.05, 4.69) is 47.5 Å². The van der Waals surface area contributed by atoms with Crippen LogP contribution in [0.3, 0.4) is 0 Å². The number of pyridine rings is 1. The maximum absolute atomic E-state index is 4.79. The van der Waals surface area contributed by atoms with Crippen molar-refractivity contribution in [1.82, 2.24) is 9.88 Å². The molecule has 1 aliphatic rings. The number of likely N-dealkylation sites (tertiary alicyclic amines) is 1. The van der Waals surface area contributed by atoms with E-state index in [4.69, 9.17) is 4.98 Å². The summed E-state index contributed by atoms with van der Waals surface area (Å²) in [6.07, 6.45) is 4.04. The molecule has 0 amide bonds. The van der Waals surface area contributed by atoms with Crippen LogP contribution in [0.2, 0.25) is 0 Å². The van der Waals surface area contributed by atoms with Gasteiger partial charge in [0.25, 0.3) is 0 Å². The van der Waals surface area contributed by atoms with Crippen molar-refractivity contribution in [1.29, 1.82) is 0 Å². The van der Waals surface area contributed by atoms with Gasteiger partial charge in [0.15, 0.2) is 0 Å². The van der Waals surface area contributed by atoms with Gasteiger partial charge in [0.1, 0.15) is 5.82 Å². The fraction of sp³-hybridized carbons (Fsp3) is 0.471. The lowest BCUT2D eigenvalue weighted by molar-refractivity contribution is 0.221. The summed E-state index contributed by atoms with van der Waals surface area (Å²) in [5.74, 6) is 1.05. The molecule has 0 spiro atoms. The molecule has 1 saturated heterocycles. The maximum Gasteiger partial charge on any atom is 0.131 e. The monoisotopic (exact) mass is 269 g/mol. The number of anilines is 1. The van der Waals surface area contributed by atoms with E-state index in [1.807, 2.05) is 0 Å². The first kappa shape index (κ1) is 13.4. The molecule has 1 fully saturated rings. The van der Waals surface area contributed by atoms with Gasteiger partial charge < -0.3 is 5.32 Å². The molecule has 3 rings (SSSR count). The van der Waals surface area contributed by atoms with Gasteiger partial charge in [0, 0.05) is 24.0 Å². The minimum absolute atomic E-state index is 0.915. The van der Waals surface area contributed by atoms with E-state index in [1.165, 1.54) is 43.3 Å². The standard InChI is InChI=1S/C17H23N3/c1-2-18-17-15(13-20-10-6-3-7-11-20)12-14-8-4-5-9-16(14)19-17/h4-5,8-9,12H,2-3,6-7,10-11,13H2,1H3,(H,18,19). The summed E-state index contributed by atoms with van der Waals surface area (Å²) in [7, 11) is 0. The van der Waals surface area contributed by atoms with Gasteiger partial charge in [-0.3, -0.25) is 4.90 Å². The molecule has 0 atom stereocenters. The SMILES string of the molecule is CCNc1nc2ccccc2cc1CN1CCCCC1. The van der Waals surface area contributed by atoms with Crippen molar-refractivity contribution < 1.29 is 0 Å². The highest BCUT2D eigenvalue weighted by molar-refractivity contribution is 5.81. The molecule has 20 heavy (non-hydrogen) atoms. The number of benzene rings is 1. The average Bonchev–Trinajstić information content (AvgIpc) is 2.49. The number of nitrogens with one attached hydrogen (secondary N) is 1. The molecular weight excluding hydrogens is 246 g/mol. The molecule has 106 valence electrons. The van der Waals surface area contributed by atoms with E-state index in [-0.39, 0.29) is 0 Å². The van der Waals surface area contributed by atoms with Crippen LogP contribution in [0.1, 0.15) is 31.7 Å². The van der Waals surface area contributed by atoms with Crippen LogP contribution in [0.25, 0.3) is 10.9 Å². The van der Waals surface area contributed by atoms with Gasteiger partial charge in [0.2, 0.25) is 0 Å². The molecule has 0 bridgehead atoms. The van der Waals surface area contributed by atoms with Crippen molar-refractivity contribution >= 4 is 16.7 Å². The molecule has 2 aromatic rings. The third-order valence-electron chi connectivity index (χ3n) is 3.99. The molecule has 1 aromatic carbocycles. The zero-order chi connectivity index (χ0) is 13.8. The van der Waals surface area contributed by atoms with Gasteiger partial charge in [0.05, 0.1) is 5.52 Å². The molecule has 3 nitrogen and oxygen atoms in total. The molecule has 1 aliphatic heterocycles. The van der Waals surface area contributed by atoms with Crippen molar-refractivity contribution in [2.45, 2.75) is 32.7 Å². The number of fused-ring (bicyclic) bond motifs is 1. The molecule has 0 radical (unpaired) electrons. The molecule has 1 N–H and O–H groups in total. The van der Waals surface area contributed by atoms with E-state index in [0.717, 1.165) is 24.4 Å². The highest BCUT2D eigenvalue weighted by Gasteiger charge is 2.14. The average molecular weight is 269 g/mol. The number of nitrogens with zero attached hydrogens (tertiary/aromatic N) is 2. The van der Waals surface area contributed by atoms with Gasteiger partial charge in [-0.1, -0.05) is 24.6 Å². The van der Waals surface area contributed by atoms with Gasteiger partial charge in [-0.2, -0.15) is 0 Å². The van der Waals surface area contributed by atoms with Crippen LogP contribution in [-0.4, -0.2) is 29.5 Å². The summed E-state index contributed by atoms with van der Waals surface area (Å²) in [6, 6.07) is 10.7. The summed E-state index contributed by atoms with van der Waals surface area (Å²) in [6.45, 7) is 6.50. The smallest absolute Gasteiger partial charge is 0.131 e. The summed E-state index contributed by atoms with van der Waals surface area (Å²) >= 11 is 0. The van der Waals surface area contributed by atoms with Crippen LogP contribution in [0.5, 0.6) is 0 Å². The summed E-state index contributed by atoms with van der Waals surface area (Å²) < 4.78 is 0. The molecule has 0 aliphatic carbocycles. The van der Waals surface area contributed by atoms with Crippen LogP contribution in [0.4, 0.5) is 5.82 Å². The fourth-order valence-corrected chi connectivity index (χ4v) is 2.96. The Hall–Kier alpha value is -1.61. The van der Waals surface area contributed by atoms with E-state index >= 15 is 0 Å². The van der Waals surface area contributed by atoms with Gasteiger partial charge in [-0.15, -0.1) is 0 Å². The summed E-state index contributed by atoms with van der Waals surface area (Å²) in [5.41, 5.74) is 2.40. The van der Waals surface area contributed by atoms with Crippen molar-refractivity contribution in [3.05, 3.63) is 35.9 Å². The Kier molecular flexibility index (Phi) is 4.16. The lowest BCUT2D eigenvalue weighted by atomic mass is 10.1. The van der Waals surface area contributed by atoms with Crippen LogP contribution in [0, 0.1) is 0 Å². The van der Waals surface area contributed by atoms with Gasteiger partial charge >= 0.3 is 0 Å². The van der Waals surface area contributed by atoms with E-state index < -0.39 is 0 Å². The van der Waals surface area contributed by atoms with Crippen LogP contribution >= 0.6 is 0 Å². The van der Waals surface area contributed by atoms with Gasteiger partial charge in [-0.25, -0.2) is 4.98 Å². The largest absolute Gasteiger partial charge is 0.370 e. The second-order valence-corrected chi connectivity index (χ2v) is 5.56. The third-order valence-corrected chi connectivity index (χ3v) is 3.99. The highest BCUT2D eigenvalue weighted by Crippen LogP contribution is 2.23. The zero-order valence-electron chi connectivity index (χ0n) is 12.2. The summed E-state index contributed by atoms with van der Waals surface area (Å²) in [4.78, 5) is 7.34. The van der Waals surface area contributed by atoms with Crippen LogP contribution < -0.4 is 5.32 Å². The fourth-order valence-electron chi connectivity index (χ4n) is 2.96. The lowest BCUT2D eigenvalue weighted by Crippen LogP contribution is -2.29. The topological polar surface area (TPSA) is 28.2 Å². The number of para-hydroxylation sites is 1. The van der Waals surface area contributed by atoms with E-state index in [9.17, 15) is 0 Å². The first-order valence-electron chi connectivity index (χ1n) is 7.71. The van der Waals surface area contributed by atoms with Crippen molar-refractivity contribution in [3.8, 4) is 0 Å². The highest BCUT2D eigenvalue weighted by atomic mass is 15.1. The first-order chi connectivity index (χ1) is 9.86. The molecule has 3 heteroatoms. The second-order valence-electron chi connectivity index (χ2n) is 5.56. The number of aromatic nitrogens is 1. The number of hydrogen-bond acceptors (Lipinski definition) is 3. The van der Waals surface area contributed by atoms with E-state index in [1.54, 1.807) is 0 Å². The molecule has 1 aromatic heterocycles. The molecule has 2 heterocycles. The quantitative estimate of drug-likeness (QED) is 0.918. The van der Waals surface area contributed by atoms with Crippen molar-refractivity contribution in [2.75, 3.05) is 25.0 Å². The maximum atomic E-state index is 4.79. The Labute approximate surface area is 121 Å². The summed E-state index contributed by atoms with van der Waals surface area (Å²) in [5, 5.41) is 4.66. The predicted molar refractivity (Wildman–Crippen MR) is 85.0 cm³/mol. The molecular formula is C17H23N3. The molecule has 0 unspecified atom stereocenters. The Morgan fingerprint density at radius 3 is 2.75 bits per heavy atom. The minimum Gasteiger partial charge on any atom is -0.370 e. The number of rotatable bonds is 4. The molecule has 0 saturated carbocycles. The Bertz CT molecular complexity index is 573. The van der Waals surface area contributed by atoms with E-state index in [0.29, 0.717) is 0 Å². The number of piperidine rings is 1. The Morgan fingerprint density at radius 1 is 1.15 bits per heavy atom. The Morgan fingerprint density at radius 2 is 1.95 bits per heavy atom. The third kappa shape index (κ3) is 2.93. The lowest BCUT2D eigenvalue weighted by Gasteiger charge is -2.27. The minimum atomic E-state index is 0.915. The Balaban J connectivity index is 1.91. The van der Waals surface area contributed by atoms with Crippen LogP contribution in [-0.2, 0) is 6.54 Å². The van der Waals surface area contributed by atoms with Crippen LogP contribution in [0.15, 0.2) is 30.3 Å². The normalized spacial score (nSPS) is 16.4. The van der Waals surface area contributed by atoms with Gasteiger partial charge in [-0.05, 0) is 45.0 Å². The van der Waals surface area contributed by atoms with Crippen molar-refractivity contribution in [2.24, 2.45) is 0 Å². The zero-order valence-corrected chi connectivity index (χ0v) is 12.2. The predicted octanol–water partition coefficient (Wildman–Crippen LogP) is 3.65. The number of hydrogen-bond donors (Lipinski definition) is 1.